The van der Waals surface area contributed by atoms with Crippen LogP contribution in [0.5, 0.6) is 0 Å². The lowest BCUT2D eigenvalue weighted by Crippen LogP contribution is -2.30. The highest BCUT2D eigenvalue weighted by Gasteiger charge is 2.25. The predicted molar refractivity (Wildman–Crippen MR) is 64.6 cm³/mol. The van der Waals surface area contributed by atoms with Crippen molar-refractivity contribution in [3.8, 4) is 0 Å². The van der Waals surface area contributed by atoms with Gasteiger partial charge in [-0.2, -0.15) is 0 Å². The molecule has 3 nitrogen and oxygen atoms in total. The molecular formula is C12H17NO2S. The molecule has 0 saturated carbocycles. The van der Waals surface area contributed by atoms with Gasteiger partial charge in [0.1, 0.15) is 0 Å². The second-order valence-electron chi connectivity index (χ2n) is 4.21. The van der Waals surface area contributed by atoms with Crippen molar-refractivity contribution < 1.29 is 9.53 Å². The average Bonchev–Trinajstić information content (AvgIpc) is 2.89. The van der Waals surface area contributed by atoms with Crippen LogP contribution < -0.4 is 0 Å². The molecule has 16 heavy (non-hydrogen) atoms. The SMILES string of the molecule is COC[C@@H]1CCN(C(=O)Cc2cccs2)C1. The van der Waals surface area contributed by atoms with Gasteiger partial charge >= 0.3 is 0 Å². The highest BCUT2D eigenvalue weighted by Crippen LogP contribution is 2.18. The smallest absolute Gasteiger partial charge is 0.227 e. The zero-order valence-electron chi connectivity index (χ0n) is 9.52. The van der Waals surface area contributed by atoms with Crippen molar-refractivity contribution in [2.75, 3.05) is 26.8 Å². The summed E-state index contributed by atoms with van der Waals surface area (Å²) in [4.78, 5) is 15.1. The van der Waals surface area contributed by atoms with Gasteiger partial charge in [-0.1, -0.05) is 6.07 Å². The minimum atomic E-state index is 0.251. The topological polar surface area (TPSA) is 29.5 Å². The normalized spacial score (nSPS) is 20.3. The number of likely N-dealkylation sites (tertiary alicyclic amines) is 1. The molecule has 4 heteroatoms. The molecule has 0 unspecified atom stereocenters. The van der Waals surface area contributed by atoms with Gasteiger partial charge in [-0.25, -0.2) is 0 Å². The summed E-state index contributed by atoms with van der Waals surface area (Å²) in [6.45, 7) is 2.51. The van der Waals surface area contributed by atoms with Crippen LogP contribution in [0.4, 0.5) is 0 Å². The largest absolute Gasteiger partial charge is 0.384 e. The zero-order valence-corrected chi connectivity index (χ0v) is 10.3. The van der Waals surface area contributed by atoms with Crippen LogP contribution >= 0.6 is 11.3 Å². The van der Waals surface area contributed by atoms with E-state index in [1.165, 1.54) is 0 Å². The van der Waals surface area contributed by atoms with Crippen molar-refractivity contribution in [2.24, 2.45) is 5.92 Å². The summed E-state index contributed by atoms with van der Waals surface area (Å²) >= 11 is 1.65. The molecule has 0 bridgehead atoms. The average molecular weight is 239 g/mol. The van der Waals surface area contributed by atoms with Crippen LogP contribution in [0.1, 0.15) is 11.3 Å². The van der Waals surface area contributed by atoms with Crippen molar-refractivity contribution in [2.45, 2.75) is 12.8 Å². The minimum Gasteiger partial charge on any atom is -0.384 e. The van der Waals surface area contributed by atoms with E-state index < -0.39 is 0 Å². The lowest BCUT2D eigenvalue weighted by Gasteiger charge is -2.15. The zero-order chi connectivity index (χ0) is 11.4. The fourth-order valence-electron chi connectivity index (χ4n) is 2.10. The first kappa shape index (κ1) is 11.6. The Morgan fingerprint density at radius 1 is 1.69 bits per heavy atom. The number of carbonyl (C=O) groups excluding carboxylic acids is 1. The summed E-state index contributed by atoms with van der Waals surface area (Å²) in [5.41, 5.74) is 0. The van der Waals surface area contributed by atoms with E-state index in [4.69, 9.17) is 4.74 Å². The van der Waals surface area contributed by atoms with Crippen LogP contribution in [-0.2, 0) is 16.0 Å². The molecule has 1 aliphatic rings. The Morgan fingerprint density at radius 2 is 2.56 bits per heavy atom. The Bertz CT molecular complexity index is 337. The van der Waals surface area contributed by atoms with Gasteiger partial charge in [0.2, 0.25) is 5.91 Å². The third-order valence-electron chi connectivity index (χ3n) is 2.95. The molecule has 1 aliphatic heterocycles. The van der Waals surface area contributed by atoms with E-state index in [1.807, 2.05) is 22.4 Å². The van der Waals surface area contributed by atoms with E-state index in [0.717, 1.165) is 31.0 Å². The first-order valence-corrected chi connectivity index (χ1v) is 6.46. The van der Waals surface area contributed by atoms with Crippen LogP contribution in [0.15, 0.2) is 17.5 Å². The van der Waals surface area contributed by atoms with E-state index in [-0.39, 0.29) is 5.91 Å². The Morgan fingerprint density at radius 3 is 3.25 bits per heavy atom. The number of amides is 1. The second-order valence-corrected chi connectivity index (χ2v) is 5.24. The molecule has 0 aromatic carbocycles. The number of rotatable bonds is 4. The van der Waals surface area contributed by atoms with Gasteiger partial charge in [0.05, 0.1) is 13.0 Å². The maximum atomic E-state index is 12.0. The molecule has 1 aromatic rings. The Hall–Kier alpha value is -0.870. The van der Waals surface area contributed by atoms with Crippen molar-refractivity contribution in [1.82, 2.24) is 4.90 Å². The summed E-state index contributed by atoms with van der Waals surface area (Å²) < 4.78 is 5.12. The van der Waals surface area contributed by atoms with Crippen molar-refractivity contribution in [3.05, 3.63) is 22.4 Å². The number of carbonyl (C=O) groups is 1. The summed E-state index contributed by atoms with van der Waals surface area (Å²) in [7, 11) is 1.72. The molecule has 1 fully saturated rings. The third kappa shape index (κ3) is 2.83. The molecule has 0 spiro atoms. The van der Waals surface area contributed by atoms with Crippen molar-refractivity contribution >= 4 is 17.2 Å². The molecule has 1 aromatic heterocycles. The van der Waals surface area contributed by atoms with Gasteiger partial charge in [0.15, 0.2) is 0 Å². The first-order valence-electron chi connectivity index (χ1n) is 5.58. The number of methoxy groups -OCH3 is 1. The van der Waals surface area contributed by atoms with Crippen LogP contribution in [0.2, 0.25) is 0 Å². The molecule has 1 saturated heterocycles. The van der Waals surface area contributed by atoms with E-state index in [1.54, 1.807) is 18.4 Å². The summed E-state index contributed by atoms with van der Waals surface area (Å²) in [5.74, 6) is 0.776. The number of ether oxygens (including phenoxy) is 1. The molecule has 0 N–H and O–H groups in total. The monoisotopic (exact) mass is 239 g/mol. The molecule has 2 rings (SSSR count). The number of hydrogen-bond acceptors (Lipinski definition) is 3. The van der Waals surface area contributed by atoms with E-state index >= 15 is 0 Å². The molecule has 0 aliphatic carbocycles. The van der Waals surface area contributed by atoms with Crippen LogP contribution in [0, 0.1) is 5.92 Å². The van der Waals surface area contributed by atoms with E-state index in [9.17, 15) is 4.79 Å². The summed E-state index contributed by atoms with van der Waals surface area (Å²) in [5, 5.41) is 2.01. The van der Waals surface area contributed by atoms with Crippen LogP contribution in [0.25, 0.3) is 0 Å². The molecule has 88 valence electrons. The number of hydrogen-bond donors (Lipinski definition) is 0. The van der Waals surface area contributed by atoms with Crippen molar-refractivity contribution in [3.63, 3.8) is 0 Å². The Balaban J connectivity index is 1.83. The van der Waals surface area contributed by atoms with E-state index in [0.29, 0.717) is 12.3 Å². The van der Waals surface area contributed by atoms with Gasteiger partial charge in [-0.3, -0.25) is 4.79 Å². The molecule has 0 radical (unpaired) electrons. The molecule has 1 amide bonds. The standard InChI is InChI=1S/C12H17NO2S/c1-15-9-10-4-5-13(8-10)12(14)7-11-3-2-6-16-11/h2-3,6,10H,4-5,7-9H2,1H3/t10-/m1/s1. The van der Waals surface area contributed by atoms with Crippen LogP contribution in [-0.4, -0.2) is 37.6 Å². The van der Waals surface area contributed by atoms with Gasteiger partial charge in [-0.15, -0.1) is 11.3 Å². The van der Waals surface area contributed by atoms with Gasteiger partial charge in [0, 0.05) is 31.0 Å². The summed E-state index contributed by atoms with van der Waals surface area (Å²) in [6.07, 6.45) is 1.63. The predicted octanol–water partition coefficient (Wildman–Crippen LogP) is 1.79. The Kier molecular flexibility index (Phi) is 3.96. The highest BCUT2D eigenvalue weighted by atomic mass is 32.1. The molecular weight excluding hydrogens is 222 g/mol. The maximum absolute atomic E-state index is 12.0. The first-order chi connectivity index (χ1) is 7.79. The fraction of sp³-hybridized carbons (Fsp3) is 0.583. The number of thiophene rings is 1. The van der Waals surface area contributed by atoms with Gasteiger partial charge in [-0.05, 0) is 17.9 Å². The lowest BCUT2D eigenvalue weighted by atomic mass is 10.1. The Labute approximate surface area is 100 Å². The summed E-state index contributed by atoms with van der Waals surface area (Å²) in [6, 6.07) is 4.01. The van der Waals surface area contributed by atoms with E-state index in [2.05, 4.69) is 0 Å². The van der Waals surface area contributed by atoms with Gasteiger partial charge in [0.25, 0.3) is 0 Å². The number of nitrogens with zero attached hydrogens (tertiary/aromatic N) is 1. The molecule has 1 atom stereocenters. The molecule has 2 heterocycles. The quantitative estimate of drug-likeness (QED) is 0.801. The third-order valence-corrected chi connectivity index (χ3v) is 3.82. The highest BCUT2D eigenvalue weighted by molar-refractivity contribution is 7.10. The fourth-order valence-corrected chi connectivity index (χ4v) is 2.80. The van der Waals surface area contributed by atoms with Crippen molar-refractivity contribution in [1.29, 1.82) is 0 Å². The van der Waals surface area contributed by atoms with Gasteiger partial charge < -0.3 is 9.64 Å². The van der Waals surface area contributed by atoms with Crippen LogP contribution in [0.3, 0.4) is 0 Å². The minimum absolute atomic E-state index is 0.251. The lowest BCUT2D eigenvalue weighted by molar-refractivity contribution is -0.129. The maximum Gasteiger partial charge on any atom is 0.227 e. The second kappa shape index (κ2) is 5.46.